The van der Waals surface area contributed by atoms with Gasteiger partial charge in [0.15, 0.2) is 0 Å². The minimum atomic E-state index is 0.256. The van der Waals surface area contributed by atoms with Gasteiger partial charge in [-0.3, -0.25) is 0 Å². The molecule has 0 saturated heterocycles. The summed E-state index contributed by atoms with van der Waals surface area (Å²) in [6.07, 6.45) is 10.1. The van der Waals surface area contributed by atoms with E-state index in [9.17, 15) is 0 Å². The summed E-state index contributed by atoms with van der Waals surface area (Å²) in [5.74, 6) is 1.71. The highest BCUT2D eigenvalue weighted by atomic mass is 14.4. The van der Waals surface area contributed by atoms with E-state index in [0.29, 0.717) is 0 Å². The lowest BCUT2D eigenvalue weighted by molar-refractivity contribution is 0.374. The molecule has 1 unspecified atom stereocenters. The molecule has 0 spiro atoms. The summed E-state index contributed by atoms with van der Waals surface area (Å²) in [6, 6.07) is 14.0. The summed E-state index contributed by atoms with van der Waals surface area (Å²) in [6.45, 7) is 11.2. The lowest BCUT2D eigenvalue weighted by Gasteiger charge is -2.39. The molecule has 2 aromatic carbocycles. The Hall–Kier alpha value is -1.82. The molecule has 0 amide bonds. The summed E-state index contributed by atoms with van der Waals surface area (Å²) in [7, 11) is 0. The Bertz CT molecular complexity index is 803. The van der Waals surface area contributed by atoms with Crippen LogP contribution < -0.4 is 0 Å². The highest BCUT2D eigenvalue weighted by Gasteiger charge is 2.37. The molecule has 0 nitrogen and oxygen atoms in total. The van der Waals surface area contributed by atoms with Crippen molar-refractivity contribution in [2.24, 2.45) is 5.92 Å². The Balaban J connectivity index is 1.82. The molecule has 0 radical (unpaired) electrons. The molecule has 1 atom stereocenters. The van der Waals surface area contributed by atoms with Gasteiger partial charge in [0, 0.05) is 0 Å². The van der Waals surface area contributed by atoms with Gasteiger partial charge in [-0.2, -0.15) is 0 Å². The Kier molecular flexibility index (Phi) is 4.55. The second-order valence-electron chi connectivity index (χ2n) is 9.08. The fourth-order valence-corrected chi connectivity index (χ4v) is 4.77. The molecule has 0 aromatic heterocycles. The van der Waals surface area contributed by atoms with E-state index in [-0.39, 0.29) is 5.41 Å². The number of benzene rings is 2. The predicted molar refractivity (Wildman–Crippen MR) is 114 cm³/mol. The van der Waals surface area contributed by atoms with E-state index < -0.39 is 0 Å². The smallest absolute Gasteiger partial charge is 0.0100 e. The van der Waals surface area contributed by atoms with Gasteiger partial charge in [-0.25, -0.2) is 0 Å². The van der Waals surface area contributed by atoms with Gasteiger partial charge in [-0.15, -0.1) is 0 Å². The van der Waals surface area contributed by atoms with E-state index in [4.69, 9.17) is 0 Å². The first-order valence-electron chi connectivity index (χ1n) is 10.4. The summed E-state index contributed by atoms with van der Waals surface area (Å²) in [5.41, 5.74) is 8.89. The Morgan fingerprint density at radius 1 is 1.04 bits per heavy atom. The minimum absolute atomic E-state index is 0.256. The molecule has 2 aromatic rings. The van der Waals surface area contributed by atoms with E-state index in [1.807, 2.05) is 0 Å². The largest absolute Gasteiger partial charge is 0.0985 e. The van der Waals surface area contributed by atoms with Crippen molar-refractivity contribution in [3.8, 4) is 11.1 Å². The van der Waals surface area contributed by atoms with Crippen LogP contribution >= 0.6 is 0 Å². The molecule has 0 heteroatoms. The fourth-order valence-electron chi connectivity index (χ4n) is 4.77. The van der Waals surface area contributed by atoms with E-state index in [1.165, 1.54) is 54.4 Å². The standard InChI is InChI=1S/C26H32/c1-5-18-9-11-21(12-10-18)23-16-20(6-2)25-22(15-19-7-8-19)13-14-26(3,4)24(25)17-23/h6,9-12,16-17,19,22H,2,5,7-8,13-15H2,1,3-4H3. The van der Waals surface area contributed by atoms with Gasteiger partial charge in [0.05, 0.1) is 0 Å². The van der Waals surface area contributed by atoms with Gasteiger partial charge in [-0.05, 0) is 82.4 Å². The van der Waals surface area contributed by atoms with Crippen LogP contribution in [0, 0.1) is 5.92 Å². The number of rotatable bonds is 5. The third kappa shape index (κ3) is 3.27. The van der Waals surface area contributed by atoms with Crippen molar-refractivity contribution in [1.82, 2.24) is 0 Å². The fraction of sp³-hybridized carbons (Fsp3) is 0.462. The third-order valence-corrected chi connectivity index (χ3v) is 6.70. The molecule has 0 bridgehead atoms. The molecule has 1 saturated carbocycles. The van der Waals surface area contributed by atoms with Crippen LogP contribution in [0.3, 0.4) is 0 Å². The van der Waals surface area contributed by atoms with Crippen LogP contribution in [0.5, 0.6) is 0 Å². The maximum absolute atomic E-state index is 4.18. The second-order valence-corrected chi connectivity index (χ2v) is 9.08. The van der Waals surface area contributed by atoms with Crippen molar-refractivity contribution in [3.05, 3.63) is 65.2 Å². The molecular formula is C26H32. The number of fused-ring (bicyclic) bond motifs is 1. The average molecular weight is 345 g/mol. The highest BCUT2D eigenvalue weighted by molar-refractivity contribution is 5.72. The third-order valence-electron chi connectivity index (χ3n) is 6.70. The minimum Gasteiger partial charge on any atom is -0.0985 e. The van der Waals surface area contributed by atoms with Gasteiger partial charge in [0.2, 0.25) is 0 Å². The molecule has 136 valence electrons. The number of aryl methyl sites for hydroxylation is 1. The second kappa shape index (κ2) is 6.72. The van der Waals surface area contributed by atoms with E-state index in [0.717, 1.165) is 18.3 Å². The quantitative estimate of drug-likeness (QED) is 0.526. The van der Waals surface area contributed by atoms with Gasteiger partial charge < -0.3 is 0 Å². The van der Waals surface area contributed by atoms with Crippen LogP contribution in [-0.2, 0) is 11.8 Å². The maximum atomic E-state index is 4.18. The van der Waals surface area contributed by atoms with Crippen molar-refractivity contribution in [1.29, 1.82) is 0 Å². The topological polar surface area (TPSA) is 0 Å². The molecule has 2 aliphatic rings. The summed E-state index contributed by atoms with van der Waals surface area (Å²) >= 11 is 0. The maximum Gasteiger partial charge on any atom is -0.0100 e. The number of hydrogen-bond acceptors (Lipinski definition) is 0. The van der Waals surface area contributed by atoms with Gasteiger partial charge in [0.25, 0.3) is 0 Å². The normalized spacial score (nSPS) is 21.3. The zero-order chi connectivity index (χ0) is 18.3. The predicted octanol–water partition coefficient (Wildman–Crippen LogP) is 7.51. The molecule has 1 fully saturated rings. The Morgan fingerprint density at radius 3 is 2.38 bits per heavy atom. The van der Waals surface area contributed by atoms with E-state index in [1.54, 1.807) is 11.1 Å². The number of hydrogen-bond donors (Lipinski definition) is 0. The molecule has 0 N–H and O–H groups in total. The molecule has 0 heterocycles. The Morgan fingerprint density at radius 2 is 1.77 bits per heavy atom. The Labute approximate surface area is 159 Å². The van der Waals surface area contributed by atoms with Crippen molar-refractivity contribution in [2.75, 3.05) is 0 Å². The lowest BCUT2D eigenvalue weighted by Crippen LogP contribution is -2.27. The first-order valence-corrected chi connectivity index (χ1v) is 10.4. The first kappa shape index (κ1) is 17.6. The van der Waals surface area contributed by atoms with Crippen molar-refractivity contribution in [3.63, 3.8) is 0 Å². The molecule has 2 aliphatic carbocycles. The molecule has 26 heavy (non-hydrogen) atoms. The zero-order valence-corrected chi connectivity index (χ0v) is 16.6. The monoisotopic (exact) mass is 344 g/mol. The summed E-state index contributed by atoms with van der Waals surface area (Å²) < 4.78 is 0. The zero-order valence-electron chi connectivity index (χ0n) is 16.6. The van der Waals surface area contributed by atoms with Gasteiger partial charge in [-0.1, -0.05) is 76.6 Å². The van der Waals surface area contributed by atoms with Crippen LogP contribution in [0.15, 0.2) is 43.0 Å². The average Bonchev–Trinajstić information content (AvgIpc) is 3.47. The van der Waals surface area contributed by atoms with Crippen molar-refractivity contribution in [2.45, 2.75) is 70.6 Å². The van der Waals surface area contributed by atoms with Crippen LogP contribution in [0.25, 0.3) is 17.2 Å². The first-order chi connectivity index (χ1) is 12.5. The van der Waals surface area contributed by atoms with Crippen molar-refractivity contribution >= 4 is 6.08 Å². The SMILES string of the molecule is C=Cc1cc(-c2ccc(CC)cc2)cc2c1C(CC1CC1)CCC2(C)C. The van der Waals surface area contributed by atoms with Crippen LogP contribution in [0.1, 0.15) is 81.0 Å². The van der Waals surface area contributed by atoms with Crippen LogP contribution in [0.4, 0.5) is 0 Å². The molecule has 0 aliphatic heterocycles. The lowest BCUT2D eigenvalue weighted by atomic mass is 9.66. The van der Waals surface area contributed by atoms with Crippen LogP contribution in [-0.4, -0.2) is 0 Å². The summed E-state index contributed by atoms with van der Waals surface area (Å²) in [4.78, 5) is 0. The summed E-state index contributed by atoms with van der Waals surface area (Å²) in [5, 5.41) is 0. The van der Waals surface area contributed by atoms with Crippen molar-refractivity contribution < 1.29 is 0 Å². The molecule has 4 rings (SSSR count). The molecular weight excluding hydrogens is 312 g/mol. The van der Waals surface area contributed by atoms with E-state index in [2.05, 4.69) is 69.8 Å². The van der Waals surface area contributed by atoms with Gasteiger partial charge in [0.1, 0.15) is 0 Å². The highest BCUT2D eigenvalue weighted by Crippen LogP contribution is 2.50. The van der Waals surface area contributed by atoms with E-state index >= 15 is 0 Å². The van der Waals surface area contributed by atoms with Gasteiger partial charge >= 0.3 is 0 Å². The van der Waals surface area contributed by atoms with Crippen LogP contribution in [0.2, 0.25) is 0 Å².